The molecule has 1 nitrogen and oxygen atoms in total. The van der Waals surface area contributed by atoms with Crippen molar-refractivity contribution < 1.29 is 5.11 Å². The fraction of sp³-hybridized carbons (Fsp3) is 0.333. The van der Waals surface area contributed by atoms with E-state index in [1.54, 1.807) is 0 Å². The fourth-order valence-corrected chi connectivity index (χ4v) is 3.37. The monoisotopic (exact) mass is 252 g/mol. The Hall–Kier alpha value is -1.60. The molecule has 3 rings (SSSR count). The summed E-state index contributed by atoms with van der Waals surface area (Å²) >= 11 is 0. The van der Waals surface area contributed by atoms with E-state index in [-0.39, 0.29) is 0 Å². The molecule has 0 aliphatic heterocycles. The van der Waals surface area contributed by atoms with Crippen LogP contribution in [-0.4, -0.2) is 5.11 Å². The first-order valence-electron chi connectivity index (χ1n) is 7.00. The second kappa shape index (κ2) is 4.50. The molecule has 0 spiro atoms. The summed E-state index contributed by atoms with van der Waals surface area (Å²) in [6.07, 6.45) is 2.93. The maximum atomic E-state index is 11.3. The summed E-state index contributed by atoms with van der Waals surface area (Å²) in [6, 6.07) is 14.6. The van der Waals surface area contributed by atoms with Crippen molar-refractivity contribution in [2.45, 2.75) is 38.7 Å². The Morgan fingerprint density at radius 1 is 1.00 bits per heavy atom. The fourth-order valence-electron chi connectivity index (χ4n) is 3.37. The molecule has 0 amide bonds. The zero-order chi connectivity index (χ0) is 13.5. The molecule has 0 bridgehead atoms. The third-order valence-electron chi connectivity index (χ3n) is 4.28. The lowest BCUT2D eigenvalue weighted by atomic mass is 9.74. The number of benzene rings is 2. The van der Waals surface area contributed by atoms with Crippen LogP contribution >= 0.6 is 0 Å². The molecule has 19 heavy (non-hydrogen) atoms. The highest BCUT2D eigenvalue weighted by atomic mass is 16.3. The quantitative estimate of drug-likeness (QED) is 0.816. The number of hydrogen-bond acceptors (Lipinski definition) is 1. The van der Waals surface area contributed by atoms with Gasteiger partial charge < -0.3 is 5.11 Å². The summed E-state index contributed by atoms with van der Waals surface area (Å²) in [6.45, 7) is 4.19. The van der Waals surface area contributed by atoms with E-state index in [0.29, 0.717) is 0 Å². The van der Waals surface area contributed by atoms with E-state index in [1.165, 1.54) is 16.7 Å². The van der Waals surface area contributed by atoms with Gasteiger partial charge >= 0.3 is 0 Å². The number of rotatable bonds is 1. The van der Waals surface area contributed by atoms with Crippen LogP contribution in [0.2, 0.25) is 0 Å². The zero-order valence-electron chi connectivity index (χ0n) is 11.6. The maximum Gasteiger partial charge on any atom is 0.115 e. The number of hydrogen-bond donors (Lipinski definition) is 1. The van der Waals surface area contributed by atoms with E-state index < -0.39 is 5.60 Å². The largest absolute Gasteiger partial charge is 0.380 e. The minimum Gasteiger partial charge on any atom is -0.380 e. The number of aryl methyl sites for hydroxylation is 3. The minimum absolute atomic E-state index is 0.813. The molecule has 0 aromatic heterocycles. The Labute approximate surface area is 114 Å². The smallest absolute Gasteiger partial charge is 0.115 e. The Morgan fingerprint density at radius 2 is 1.79 bits per heavy atom. The van der Waals surface area contributed by atoms with Gasteiger partial charge in [-0.3, -0.25) is 0 Å². The minimum atomic E-state index is -0.813. The second-order valence-corrected chi connectivity index (χ2v) is 5.69. The van der Waals surface area contributed by atoms with Crippen molar-refractivity contribution in [2.75, 3.05) is 0 Å². The lowest BCUT2D eigenvalue weighted by molar-refractivity contribution is 0.0609. The van der Waals surface area contributed by atoms with Crippen LogP contribution in [0, 0.1) is 13.8 Å². The first-order valence-corrected chi connectivity index (χ1v) is 7.00. The second-order valence-electron chi connectivity index (χ2n) is 5.69. The molecule has 0 saturated carbocycles. The standard InChI is InChI=1S/C18H20O/c1-13-9-10-16(14(2)12-13)18(19)11-5-7-15-6-3-4-8-17(15)18/h3-4,6,8-10,12,19H,5,7,11H2,1-2H3. The summed E-state index contributed by atoms with van der Waals surface area (Å²) in [7, 11) is 0. The van der Waals surface area contributed by atoms with Gasteiger partial charge in [0, 0.05) is 0 Å². The zero-order valence-corrected chi connectivity index (χ0v) is 11.6. The Balaban J connectivity index is 2.19. The Kier molecular flexibility index (Phi) is 2.94. The first kappa shape index (κ1) is 12.4. The molecule has 2 aromatic rings. The van der Waals surface area contributed by atoms with Crippen LogP contribution in [0.3, 0.4) is 0 Å². The molecule has 1 aliphatic carbocycles. The molecular formula is C18H20O. The molecule has 2 aromatic carbocycles. The SMILES string of the molecule is Cc1ccc(C2(O)CCCc3ccccc32)c(C)c1. The Morgan fingerprint density at radius 3 is 2.58 bits per heavy atom. The van der Waals surface area contributed by atoms with Gasteiger partial charge in [-0.15, -0.1) is 0 Å². The molecule has 0 fully saturated rings. The highest BCUT2D eigenvalue weighted by Crippen LogP contribution is 2.41. The predicted octanol–water partition coefficient (Wildman–Crippen LogP) is 3.88. The van der Waals surface area contributed by atoms with Crippen LogP contribution in [0.4, 0.5) is 0 Å². The van der Waals surface area contributed by atoms with Gasteiger partial charge in [0.15, 0.2) is 0 Å². The summed E-state index contributed by atoms with van der Waals surface area (Å²) in [4.78, 5) is 0. The van der Waals surface area contributed by atoms with E-state index in [0.717, 1.165) is 30.4 Å². The van der Waals surface area contributed by atoms with Crippen LogP contribution in [0.5, 0.6) is 0 Å². The molecule has 1 N–H and O–H groups in total. The van der Waals surface area contributed by atoms with Crippen molar-refractivity contribution in [1.82, 2.24) is 0 Å². The summed E-state index contributed by atoms with van der Waals surface area (Å²) < 4.78 is 0. The molecule has 1 atom stereocenters. The third kappa shape index (κ3) is 1.98. The van der Waals surface area contributed by atoms with Crippen molar-refractivity contribution in [3.63, 3.8) is 0 Å². The summed E-state index contributed by atoms with van der Waals surface area (Å²) in [5.41, 5.74) is 5.05. The maximum absolute atomic E-state index is 11.3. The molecule has 0 saturated heterocycles. The van der Waals surface area contributed by atoms with Crippen LogP contribution in [-0.2, 0) is 12.0 Å². The van der Waals surface area contributed by atoms with Gasteiger partial charge in [-0.1, -0.05) is 48.0 Å². The van der Waals surface area contributed by atoms with Crippen LogP contribution < -0.4 is 0 Å². The van der Waals surface area contributed by atoms with Crippen molar-refractivity contribution >= 4 is 0 Å². The van der Waals surface area contributed by atoms with Gasteiger partial charge in [-0.05, 0) is 55.4 Å². The van der Waals surface area contributed by atoms with Crippen molar-refractivity contribution in [2.24, 2.45) is 0 Å². The van der Waals surface area contributed by atoms with Crippen molar-refractivity contribution in [1.29, 1.82) is 0 Å². The molecule has 0 heterocycles. The van der Waals surface area contributed by atoms with E-state index in [4.69, 9.17) is 0 Å². The molecule has 98 valence electrons. The van der Waals surface area contributed by atoms with Crippen LogP contribution in [0.15, 0.2) is 42.5 Å². The number of aliphatic hydroxyl groups is 1. The van der Waals surface area contributed by atoms with E-state index in [1.807, 2.05) is 6.07 Å². The van der Waals surface area contributed by atoms with Gasteiger partial charge in [0.05, 0.1) is 0 Å². The van der Waals surface area contributed by atoms with Gasteiger partial charge in [0.25, 0.3) is 0 Å². The van der Waals surface area contributed by atoms with Crippen molar-refractivity contribution in [3.05, 3.63) is 70.3 Å². The highest BCUT2D eigenvalue weighted by molar-refractivity contribution is 5.46. The van der Waals surface area contributed by atoms with Gasteiger partial charge in [-0.25, -0.2) is 0 Å². The first-order chi connectivity index (χ1) is 9.11. The molecule has 1 heteroatoms. The predicted molar refractivity (Wildman–Crippen MR) is 78.3 cm³/mol. The Bertz CT molecular complexity index is 615. The lowest BCUT2D eigenvalue weighted by Gasteiger charge is -2.36. The topological polar surface area (TPSA) is 20.2 Å². The highest BCUT2D eigenvalue weighted by Gasteiger charge is 2.36. The van der Waals surface area contributed by atoms with Gasteiger partial charge in [0.1, 0.15) is 5.60 Å². The van der Waals surface area contributed by atoms with Crippen LogP contribution in [0.25, 0.3) is 0 Å². The van der Waals surface area contributed by atoms with Crippen molar-refractivity contribution in [3.8, 4) is 0 Å². The van der Waals surface area contributed by atoms with E-state index in [9.17, 15) is 5.11 Å². The normalized spacial score (nSPS) is 22.1. The number of fused-ring (bicyclic) bond motifs is 1. The molecule has 1 aliphatic rings. The van der Waals surface area contributed by atoms with E-state index in [2.05, 4.69) is 50.2 Å². The summed E-state index contributed by atoms with van der Waals surface area (Å²) in [5, 5.41) is 11.3. The average molecular weight is 252 g/mol. The average Bonchev–Trinajstić information content (AvgIpc) is 2.39. The van der Waals surface area contributed by atoms with Gasteiger partial charge in [0.2, 0.25) is 0 Å². The third-order valence-corrected chi connectivity index (χ3v) is 4.28. The van der Waals surface area contributed by atoms with Gasteiger partial charge in [-0.2, -0.15) is 0 Å². The lowest BCUT2D eigenvalue weighted by Crippen LogP contribution is -2.32. The van der Waals surface area contributed by atoms with Crippen LogP contribution in [0.1, 0.15) is 40.7 Å². The summed E-state index contributed by atoms with van der Waals surface area (Å²) in [5.74, 6) is 0. The van der Waals surface area contributed by atoms with E-state index >= 15 is 0 Å². The molecular weight excluding hydrogens is 232 g/mol. The molecule has 1 unspecified atom stereocenters. The molecule has 0 radical (unpaired) electrons.